The van der Waals surface area contributed by atoms with E-state index in [9.17, 15) is 4.79 Å². The smallest absolute Gasteiger partial charge is 0.502 e. The maximum Gasteiger partial charge on any atom is 3.00 e. The number of aliphatic hydroxyl groups excluding tert-OH is 1. The van der Waals surface area contributed by atoms with Crippen molar-refractivity contribution >= 4 is 19.8 Å². The molecule has 4 nitrogen and oxygen atoms in total. The van der Waals surface area contributed by atoms with E-state index in [0.717, 1.165) is 12.3 Å². The molecule has 0 saturated heterocycles. The van der Waals surface area contributed by atoms with Gasteiger partial charge in [-0.1, -0.05) is 0 Å². The maximum absolute atomic E-state index is 10.6. The topological polar surface area (TPSA) is 70.7 Å². The van der Waals surface area contributed by atoms with Gasteiger partial charge in [-0.2, -0.15) is 0 Å². The molecule has 11 heavy (non-hydrogen) atoms. The van der Waals surface area contributed by atoms with Crippen molar-refractivity contribution in [3.05, 3.63) is 28.3 Å². The fourth-order valence-corrected chi connectivity index (χ4v) is 0.527. The van der Waals surface area contributed by atoms with Crippen LogP contribution in [0, 0.1) is 0 Å². The van der Waals surface area contributed by atoms with Gasteiger partial charge in [0.2, 0.25) is 5.43 Å². The minimum absolute atomic E-state index is 0. The molecular weight excluding hydrogens is 206 g/mol. The van der Waals surface area contributed by atoms with Crippen LogP contribution in [0.2, 0.25) is 0 Å². The number of hydrogen-bond acceptors (Lipinski definition) is 4. The summed E-state index contributed by atoms with van der Waals surface area (Å²) in [7, 11) is 0. The molecule has 1 aromatic rings. The second kappa shape index (κ2) is 4.27. The standard InChI is InChI=1S/C6H6O4.Ga/c7-2-4-1-5(8)6(9)3-10-4;/h1,3,7,9H,2H2;/q;+3. The molecule has 54 valence electrons. The molecule has 0 radical (unpaired) electrons. The first-order valence-electron chi connectivity index (χ1n) is 2.65. The zero-order valence-electron chi connectivity index (χ0n) is 5.65. The average molecular weight is 212 g/mol. The predicted octanol–water partition coefficient (Wildman–Crippen LogP) is -0.543. The molecule has 0 amide bonds. The van der Waals surface area contributed by atoms with E-state index >= 15 is 0 Å². The van der Waals surface area contributed by atoms with Gasteiger partial charge in [0.25, 0.3) is 0 Å². The Morgan fingerprint density at radius 3 is 2.64 bits per heavy atom. The van der Waals surface area contributed by atoms with E-state index in [-0.39, 0.29) is 32.2 Å². The molecule has 2 N–H and O–H groups in total. The maximum atomic E-state index is 10.6. The van der Waals surface area contributed by atoms with Crippen LogP contribution in [0.4, 0.5) is 0 Å². The Labute approximate surface area is 75.5 Å². The zero-order valence-corrected chi connectivity index (χ0v) is 8.07. The molecule has 0 bridgehead atoms. The van der Waals surface area contributed by atoms with Gasteiger partial charge in [-0.05, 0) is 0 Å². The van der Waals surface area contributed by atoms with Gasteiger partial charge in [-0.25, -0.2) is 0 Å². The van der Waals surface area contributed by atoms with Gasteiger partial charge in [-0.3, -0.25) is 4.79 Å². The third-order valence-corrected chi connectivity index (χ3v) is 1.02. The summed E-state index contributed by atoms with van der Waals surface area (Å²) in [5, 5.41) is 17.1. The molecule has 0 aliphatic heterocycles. The van der Waals surface area contributed by atoms with Crippen molar-refractivity contribution in [1.29, 1.82) is 0 Å². The van der Waals surface area contributed by atoms with Crippen LogP contribution < -0.4 is 5.43 Å². The number of aromatic hydroxyl groups is 1. The molecule has 1 rings (SSSR count). The summed E-state index contributed by atoms with van der Waals surface area (Å²) < 4.78 is 4.59. The second-order valence-electron chi connectivity index (χ2n) is 1.75. The Hall–Kier alpha value is -0.654. The van der Waals surface area contributed by atoms with Crippen LogP contribution in [-0.2, 0) is 6.61 Å². The van der Waals surface area contributed by atoms with E-state index in [0.29, 0.717) is 0 Å². The third-order valence-electron chi connectivity index (χ3n) is 1.02. The Morgan fingerprint density at radius 1 is 1.55 bits per heavy atom. The normalized spacial score (nSPS) is 8.82. The van der Waals surface area contributed by atoms with E-state index < -0.39 is 11.2 Å². The van der Waals surface area contributed by atoms with Gasteiger partial charge in [0, 0.05) is 6.07 Å². The first-order valence-corrected chi connectivity index (χ1v) is 2.65. The number of hydrogen-bond donors (Lipinski definition) is 2. The summed E-state index contributed by atoms with van der Waals surface area (Å²) in [4.78, 5) is 10.6. The van der Waals surface area contributed by atoms with Gasteiger partial charge in [0.15, 0.2) is 5.75 Å². The Kier molecular flexibility index (Phi) is 4.02. The van der Waals surface area contributed by atoms with E-state index in [4.69, 9.17) is 10.2 Å². The molecule has 0 spiro atoms. The van der Waals surface area contributed by atoms with E-state index in [1.54, 1.807) is 0 Å². The molecule has 0 saturated carbocycles. The van der Waals surface area contributed by atoms with Crippen LogP contribution in [0.3, 0.4) is 0 Å². The Morgan fingerprint density at radius 2 is 2.18 bits per heavy atom. The fourth-order valence-electron chi connectivity index (χ4n) is 0.527. The molecule has 5 heteroatoms. The third kappa shape index (κ3) is 2.45. The first kappa shape index (κ1) is 10.3. The van der Waals surface area contributed by atoms with E-state index in [1.807, 2.05) is 0 Å². The summed E-state index contributed by atoms with van der Waals surface area (Å²) in [6.45, 7) is -0.338. The van der Waals surface area contributed by atoms with Crippen molar-refractivity contribution in [2.24, 2.45) is 0 Å². The average Bonchev–Trinajstić information content (AvgIpc) is 1.95. The van der Waals surface area contributed by atoms with Gasteiger partial charge in [0.05, 0.1) is 0 Å². The van der Waals surface area contributed by atoms with Crippen molar-refractivity contribution in [2.75, 3.05) is 0 Å². The molecule has 1 heterocycles. The molecule has 0 aliphatic rings. The van der Waals surface area contributed by atoms with E-state index in [1.165, 1.54) is 0 Å². The molecule has 0 unspecified atom stereocenters. The predicted molar refractivity (Wildman–Crippen MR) is 38.3 cm³/mol. The van der Waals surface area contributed by atoms with Crippen LogP contribution in [0.15, 0.2) is 21.5 Å². The number of rotatable bonds is 1. The van der Waals surface area contributed by atoms with Gasteiger partial charge in [-0.15, -0.1) is 0 Å². The zero-order chi connectivity index (χ0) is 7.56. The second-order valence-corrected chi connectivity index (χ2v) is 1.75. The van der Waals surface area contributed by atoms with Crippen LogP contribution >= 0.6 is 0 Å². The quantitative estimate of drug-likeness (QED) is 0.613. The summed E-state index contributed by atoms with van der Waals surface area (Å²) in [5.41, 5.74) is -0.546. The summed E-state index contributed by atoms with van der Waals surface area (Å²) in [6, 6.07) is 1.04. The summed E-state index contributed by atoms with van der Waals surface area (Å²) >= 11 is 0. The molecule has 0 aromatic carbocycles. The minimum atomic E-state index is -0.546. The van der Waals surface area contributed by atoms with Crippen molar-refractivity contribution in [3.8, 4) is 5.75 Å². The largest absolute Gasteiger partial charge is 3.00 e. The van der Waals surface area contributed by atoms with Crippen LogP contribution in [0.1, 0.15) is 5.76 Å². The van der Waals surface area contributed by atoms with Crippen LogP contribution in [0.5, 0.6) is 5.75 Å². The van der Waals surface area contributed by atoms with Gasteiger partial charge < -0.3 is 14.6 Å². The van der Waals surface area contributed by atoms with Crippen molar-refractivity contribution in [2.45, 2.75) is 6.61 Å². The Bertz CT molecular complexity index is 280. The SMILES string of the molecule is O=c1cc(CO)occ1O.[Ga+3]. The van der Waals surface area contributed by atoms with E-state index in [2.05, 4.69) is 4.42 Å². The fraction of sp³-hybridized carbons (Fsp3) is 0.167. The van der Waals surface area contributed by atoms with Crippen molar-refractivity contribution in [1.82, 2.24) is 0 Å². The summed E-state index contributed by atoms with van der Waals surface area (Å²) in [6.07, 6.45) is 0.897. The molecule has 0 atom stereocenters. The Balaban J connectivity index is 0.000001000. The van der Waals surface area contributed by atoms with Gasteiger partial charge in [0.1, 0.15) is 18.6 Å². The number of aliphatic hydroxyl groups is 1. The monoisotopic (exact) mass is 211 g/mol. The molecule has 1 aromatic heterocycles. The van der Waals surface area contributed by atoms with Gasteiger partial charge >= 0.3 is 19.8 Å². The molecular formula is C6H6GaO4+3. The molecule has 0 fully saturated rings. The summed E-state index contributed by atoms with van der Waals surface area (Å²) in [5.74, 6) is -0.306. The first-order chi connectivity index (χ1) is 4.74. The van der Waals surface area contributed by atoms with Crippen LogP contribution in [-0.4, -0.2) is 30.0 Å². The minimum Gasteiger partial charge on any atom is -0.502 e. The van der Waals surface area contributed by atoms with Crippen molar-refractivity contribution in [3.63, 3.8) is 0 Å². The molecule has 0 aliphatic carbocycles. The van der Waals surface area contributed by atoms with Crippen LogP contribution in [0.25, 0.3) is 0 Å². The van der Waals surface area contributed by atoms with Crippen molar-refractivity contribution < 1.29 is 14.6 Å².